The number of rotatable bonds is 4. The molecule has 2 aliphatic heterocycles. The Hall–Kier alpha value is -2.73. The molecule has 29 heavy (non-hydrogen) atoms. The fourth-order valence-electron chi connectivity index (χ4n) is 3.50. The predicted octanol–water partition coefficient (Wildman–Crippen LogP) is 3.79. The molecule has 6 heteroatoms. The third-order valence-corrected chi connectivity index (χ3v) is 6.39. The van der Waals surface area contributed by atoms with Gasteiger partial charge in [0.25, 0.3) is 0 Å². The number of nitrogens with zero attached hydrogens (tertiary/aromatic N) is 1. The Kier molecular flexibility index (Phi) is 5.62. The van der Waals surface area contributed by atoms with E-state index in [2.05, 4.69) is 11.4 Å². The Bertz CT molecular complexity index is 986. The van der Waals surface area contributed by atoms with Crippen molar-refractivity contribution in [1.29, 1.82) is 0 Å². The molecule has 0 radical (unpaired) electrons. The molecule has 1 N–H and O–H groups in total. The molecule has 5 nitrogen and oxygen atoms in total. The van der Waals surface area contributed by atoms with Crippen LogP contribution in [0.25, 0.3) is 6.08 Å². The molecule has 1 unspecified atom stereocenters. The fraction of sp³-hybridized carbons (Fsp3) is 0.304. The predicted molar refractivity (Wildman–Crippen MR) is 117 cm³/mol. The van der Waals surface area contributed by atoms with Crippen LogP contribution in [0, 0.1) is 13.8 Å². The van der Waals surface area contributed by atoms with E-state index in [1.165, 1.54) is 11.1 Å². The molecule has 0 spiro atoms. The van der Waals surface area contributed by atoms with Crippen LogP contribution in [0.1, 0.15) is 22.3 Å². The number of thioether (sulfide) groups is 1. The van der Waals surface area contributed by atoms with Crippen molar-refractivity contribution in [3.8, 4) is 5.75 Å². The molecule has 4 rings (SSSR count). The first-order valence-corrected chi connectivity index (χ1v) is 10.9. The van der Waals surface area contributed by atoms with Crippen LogP contribution in [0.4, 0.5) is 5.69 Å². The number of carbonyl (C=O) groups is 2. The van der Waals surface area contributed by atoms with Crippen LogP contribution in [-0.4, -0.2) is 41.0 Å². The fourth-order valence-corrected chi connectivity index (χ4v) is 4.66. The van der Waals surface area contributed by atoms with Crippen LogP contribution in [0.3, 0.4) is 0 Å². The molecule has 0 aromatic heterocycles. The Labute approximate surface area is 175 Å². The lowest BCUT2D eigenvalue weighted by atomic mass is 10.1. The zero-order valence-electron chi connectivity index (χ0n) is 16.6. The molecular weight excluding hydrogens is 384 g/mol. The van der Waals surface area contributed by atoms with Gasteiger partial charge in [0.05, 0.1) is 12.5 Å². The van der Waals surface area contributed by atoms with E-state index in [0.717, 1.165) is 29.0 Å². The summed E-state index contributed by atoms with van der Waals surface area (Å²) < 4.78 is 5.52. The number of aryl methyl sites for hydroxylation is 2. The van der Waals surface area contributed by atoms with E-state index in [4.69, 9.17) is 4.74 Å². The summed E-state index contributed by atoms with van der Waals surface area (Å²) in [7, 11) is 0. The molecule has 150 valence electrons. The lowest BCUT2D eigenvalue weighted by Crippen LogP contribution is -2.43. The third-order valence-electron chi connectivity index (χ3n) is 5.37. The maximum atomic E-state index is 12.8. The van der Waals surface area contributed by atoms with Crippen molar-refractivity contribution >= 4 is 35.3 Å². The lowest BCUT2D eigenvalue weighted by molar-refractivity contribution is -0.132. The lowest BCUT2D eigenvalue weighted by Gasteiger charge is -2.22. The highest BCUT2D eigenvalue weighted by Crippen LogP contribution is 2.27. The average Bonchev–Trinajstić information content (AvgIpc) is 3.37. The van der Waals surface area contributed by atoms with Gasteiger partial charge in [-0.2, -0.15) is 0 Å². The second-order valence-corrected chi connectivity index (χ2v) is 8.41. The number of amides is 2. The molecule has 2 aromatic rings. The number of fused-ring (bicyclic) bond motifs is 1. The maximum Gasteiger partial charge on any atom is 0.248 e. The summed E-state index contributed by atoms with van der Waals surface area (Å²) in [5.74, 6) is 1.76. The minimum Gasteiger partial charge on any atom is -0.493 e. The van der Waals surface area contributed by atoms with Gasteiger partial charge in [0.2, 0.25) is 11.8 Å². The van der Waals surface area contributed by atoms with Crippen molar-refractivity contribution < 1.29 is 14.3 Å². The van der Waals surface area contributed by atoms with Gasteiger partial charge in [-0.15, -0.1) is 11.8 Å². The zero-order chi connectivity index (χ0) is 20.4. The van der Waals surface area contributed by atoms with E-state index in [0.29, 0.717) is 18.2 Å². The first-order valence-electron chi connectivity index (χ1n) is 9.71. The van der Waals surface area contributed by atoms with Gasteiger partial charge in [0.15, 0.2) is 0 Å². The molecule has 2 amide bonds. The van der Waals surface area contributed by atoms with Crippen LogP contribution < -0.4 is 10.1 Å². The summed E-state index contributed by atoms with van der Waals surface area (Å²) in [6.45, 7) is 4.77. The SMILES string of the molecule is Cc1ccc(NC(=O)C2CSCN2C(=O)C=Cc2ccc3c(c2)CCO3)cc1C. The molecule has 1 atom stereocenters. The number of carbonyl (C=O) groups excluding carboxylic acids is 2. The molecule has 0 bridgehead atoms. The first-order chi connectivity index (χ1) is 14.0. The normalized spacial score (nSPS) is 18.0. The van der Waals surface area contributed by atoms with Crippen molar-refractivity contribution in [2.45, 2.75) is 26.3 Å². The van der Waals surface area contributed by atoms with Crippen molar-refractivity contribution in [2.24, 2.45) is 0 Å². The maximum absolute atomic E-state index is 12.8. The molecule has 2 heterocycles. The molecule has 0 aliphatic carbocycles. The summed E-state index contributed by atoms with van der Waals surface area (Å²) in [5.41, 5.74) is 5.20. The number of hydrogen-bond donors (Lipinski definition) is 1. The van der Waals surface area contributed by atoms with Gasteiger partial charge in [-0.1, -0.05) is 12.1 Å². The van der Waals surface area contributed by atoms with Crippen molar-refractivity contribution in [3.05, 3.63) is 64.7 Å². The highest BCUT2D eigenvalue weighted by molar-refractivity contribution is 7.99. The summed E-state index contributed by atoms with van der Waals surface area (Å²) in [5, 5.41) is 2.95. The Morgan fingerprint density at radius 3 is 2.86 bits per heavy atom. The van der Waals surface area contributed by atoms with E-state index < -0.39 is 6.04 Å². The summed E-state index contributed by atoms with van der Waals surface area (Å²) in [6, 6.07) is 11.3. The Balaban J connectivity index is 1.42. The minimum atomic E-state index is -0.466. The third kappa shape index (κ3) is 4.32. The first kappa shape index (κ1) is 19.6. The number of anilines is 1. The van der Waals surface area contributed by atoms with E-state index in [-0.39, 0.29) is 11.8 Å². The Morgan fingerprint density at radius 1 is 1.17 bits per heavy atom. The van der Waals surface area contributed by atoms with E-state index in [9.17, 15) is 9.59 Å². The molecular formula is C23H24N2O3S. The smallest absolute Gasteiger partial charge is 0.248 e. The van der Waals surface area contributed by atoms with Gasteiger partial charge in [0.1, 0.15) is 11.8 Å². The number of ether oxygens (including phenoxy) is 1. The van der Waals surface area contributed by atoms with Crippen LogP contribution in [0.15, 0.2) is 42.5 Å². The number of benzene rings is 2. The second-order valence-electron chi connectivity index (χ2n) is 7.41. The van der Waals surface area contributed by atoms with Crippen molar-refractivity contribution in [2.75, 3.05) is 23.6 Å². The molecule has 1 saturated heterocycles. The largest absolute Gasteiger partial charge is 0.493 e. The molecule has 2 aromatic carbocycles. The minimum absolute atomic E-state index is 0.144. The van der Waals surface area contributed by atoms with Gasteiger partial charge >= 0.3 is 0 Å². The van der Waals surface area contributed by atoms with Crippen LogP contribution in [0.2, 0.25) is 0 Å². The quantitative estimate of drug-likeness (QED) is 0.782. The van der Waals surface area contributed by atoms with Gasteiger partial charge in [-0.05, 0) is 66.4 Å². The summed E-state index contributed by atoms with van der Waals surface area (Å²) in [6.07, 6.45) is 4.26. The van der Waals surface area contributed by atoms with Crippen LogP contribution >= 0.6 is 11.8 Å². The van der Waals surface area contributed by atoms with Gasteiger partial charge in [-0.25, -0.2) is 0 Å². The van der Waals surface area contributed by atoms with E-state index in [1.54, 1.807) is 22.7 Å². The van der Waals surface area contributed by atoms with Gasteiger partial charge in [-0.3, -0.25) is 9.59 Å². The van der Waals surface area contributed by atoms with Gasteiger partial charge in [0, 0.05) is 23.9 Å². The van der Waals surface area contributed by atoms with Crippen molar-refractivity contribution in [3.63, 3.8) is 0 Å². The monoisotopic (exact) mass is 408 g/mol. The zero-order valence-corrected chi connectivity index (χ0v) is 17.4. The average molecular weight is 409 g/mol. The highest BCUT2D eigenvalue weighted by Gasteiger charge is 2.33. The summed E-state index contributed by atoms with van der Waals surface area (Å²) in [4.78, 5) is 27.1. The number of nitrogens with one attached hydrogen (secondary N) is 1. The van der Waals surface area contributed by atoms with Crippen LogP contribution in [0.5, 0.6) is 5.75 Å². The standard InChI is InChI=1S/C23H24N2O3S/c1-15-3-6-19(11-16(15)2)24-23(27)20-13-29-14-25(20)22(26)8-5-17-4-7-21-18(12-17)9-10-28-21/h3-8,11-12,20H,9-10,13-14H2,1-2H3,(H,24,27). The van der Waals surface area contributed by atoms with Gasteiger partial charge < -0.3 is 15.0 Å². The Morgan fingerprint density at radius 2 is 2.03 bits per heavy atom. The van der Waals surface area contributed by atoms with E-state index in [1.807, 2.05) is 50.3 Å². The topological polar surface area (TPSA) is 58.6 Å². The highest BCUT2D eigenvalue weighted by atomic mass is 32.2. The van der Waals surface area contributed by atoms with Crippen LogP contribution in [-0.2, 0) is 16.0 Å². The van der Waals surface area contributed by atoms with E-state index >= 15 is 0 Å². The number of hydrogen-bond acceptors (Lipinski definition) is 4. The molecule has 0 saturated carbocycles. The molecule has 1 fully saturated rings. The second kappa shape index (κ2) is 8.33. The summed E-state index contributed by atoms with van der Waals surface area (Å²) >= 11 is 1.59. The molecule has 2 aliphatic rings. The van der Waals surface area contributed by atoms with Crippen molar-refractivity contribution in [1.82, 2.24) is 4.90 Å².